The van der Waals surface area contributed by atoms with Gasteiger partial charge in [-0.05, 0) is 44.9 Å². The number of aromatic nitrogens is 1. The van der Waals surface area contributed by atoms with Gasteiger partial charge in [0.15, 0.2) is 0 Å². The third-order valence-corrected chi connectivity index (χ3v) is 5.43. The molecule has 3 rings (SSSR count). The lowest BCUT2D eigenvalue weighted by atomic mass is 9.54. The highest BCUT2D eigenvalue weighted by atomic mass is 16.6. The molecule has 128 valence electrons. The summed E-state index contributed by atoms with van der Waals surface area (Å²) in [5.41, 5.74) is 0.693. The summed E-state index contributed by atoms with van der Waals surface area (Å²) in [6.07, 6.45) is 3.50. The number of amides is 1. The zero-order valence-electron chi connectivity index (χ0n) is 15.1. The minimum Gasteiger partial charge on any atom is -0.444 e. The zero-order valence-corrected chi connectivity index (χ0v) is 15.1. The van der Waals surface area contributed by atoms with Gasteiger partial charge in [0.1, 0.15) is 11.4 Å². The summed E-state index contributed by atoms with van der Waals surface area (Å²) < 4.78 is 11.1. The van der Waals surface area contributed by atoms with E-state index in [-0.39, 0.29) is 16.9 Å². The Morgan fingerprint density at radius 2 is 2.09 bits per heavy atom. The normalized spacial score (nSPS) is 29.7. The molecule has 2 heterocycles. The van der Waals surface area contributed by atoms with Gasteiger partial charge in [-0.15, -0.1) is 0 Å². The molecule has 5 nitrogen and oxygen atoms in total. The van der Waals surface area contributed by atoms with Crippen molar-refractivity contribution in [2.45, 2.75) is 65.4 Å². The lowest BCUT2D eigenvalue weighted by Crippen LogP contribution is -2.57. The molecule has 1 aliphatic heterocycles. The number of rotatable bonds is 0. The van der Waals surface area contributed by atoms with Gasteiger partial charge >= 0.3 is 6.09 Å². The Balaban J connectivity index is 1.85. The summed E-state index contributed by atoms with van der Waals surface area (Å²) >= 11 is 0. The third kappa shape index (κ3) is 2.74. The highest BCUT2D eigenvalue weighted by Gasteiger charge is 2.54. The van der Waals surface area contributed by atoms with E-state index >= 15 is 0 Å². The van der Waals surface area contributed by atoms with Crippen molar-refractivity contribution >= 4 is 6.09 Å². The maximum absolute atomic E-state index is 12.5. The van der Waals surface area contributed by atoms with E-state index in [2.05, 4.69) is 25.9 Å². The van der Waals surface area contributed by atoms with E-state index in [1.54, 1.807) is 0 Å². The first-order valence-electron chi connectivity index (χ1n) is 8.45. The van der Waals surface area contributed by atoms with Gasteiger partial charge in [0, 0.05) is 24.1 Å². The molecule has 0 saturated carbocycles. The van der Waals surface area contributed by atoms with Gasteiger partial charge in [-0.3, -0.25) is 0 Å². The van der Waals surface area contributed by atoms with E-state index in [0.717, 1.165) is 31.7 Å². The number of likely N-dealkylation sites (tertiary alicyclic amines) is 1. The van der Waals surface area contributed by atoms with Gasteiger partial charge < -0.3 is 14.2 Å². The third-order valence-electron chi connectivity index (χ3n) is 5.43. The van der Waals surface area contributed by atoms with Crippen molar-refractivity contribution in [2.75, 3.05) is 13.1 Å². The van der Waals surface area contributed by atoms with Gasteiger partial charge in [0.2, 0.25) is 0 Å². The van der Waals surface area contributed by atoms with Crippen LogP contribution in [-0.2, 0) is 16.6 Å². The molecule has 0 unspecified atom stereocenters. The highest BCUT2D eigenvalue weighted by Crippen LogP contribution is 2.54. The second-order valence-corrected chi connectivity index (χ2v) is 8.98. The van der Waals surface area contributed by atoms with Crippen molar-refractivity contribution in [3.8, 4) is 0 Å². The molecule has 1 amide bonds. The van der Waals surface area contributed by atoms with Crippen molar-refractivity contribution in [1.82, 2.24) is 10.1 Å². The summed E-state index contributed by atoms with van der Waals surface area (Å²) in [6.45, 7) is 13.9. The van der Waals surface area contributed by atoms with E-state index in [0.29, 0.717) is 5.92 Å². The molecular weight excluding hydrogens is 292 g/mol. The van der Waals surface area contributed by atoms with E-state index in [9.17, 15) is 4.79 Å². The number of nitrogens with zero attached hydrogens (tertiary/aromatic N) is 2. The minimum absolute atomic E-state index is 0.0250. The molecule has 1 fully saturated rings. The van der Waals surface area contributed by atoms with Crippen LogP contribution >= 0.6 is 0 Å². The van der Waals surface area contributed by atoms with Crippen LogP contribution in [0.25, 0.3) is 0 Å². The Labute approximate surface area is 138 Å². The summed E-state index contributed by atoms with van der Waals surface area (Å²) in [5.74, 6) is 1.49. The van der Waals surface area contributed by atoms with Gasteiger partial charge in [-0.25, -0.2) is 4.79 Å². The molecule has 1 saturated heterocycles. The number of carbonyl (C=O) groups excluding carboxylic acids is 1. The van der Waals surface area contributed by atoms with Crippen LogP contribution in [0.15, 0.2) is 10.7 Å². The van der Waals surface area contributed by atoms with Gasteiger partial charge in [0.25, 0.3) is 0 Å². The zero-order chi connectivity index (χ0) is 17.0. The predicted octanol–water partition coefficient (Wildman–Crippen LogP) is 3.77. The van der Waals surface area contributed by atoms with Crippen molar-refractivity contribution in [3.63, 3.8) is 0 Å². The Morgan fingerprint density at radius 3 is 2.74 bits per heavy atom. The lowest BCUT2D eigenvalue weighted by molar-refractivity contribution is -0.0336. The maximum Gasteiger partial charge on any atom is 0.410 e. The Morgan fingerprint density at radius 1 is 1.39 bits per heavy atom. The standard InChI is InChI=1S/C18H28N2O3/c1-16(2,3)22-15(21)20-8-7-13-17(4,5)14-12(10-19-23-14)9-18(13,6)11-20/h10,13H,7-9,11H2,1-6H3/t13-,18+/m0/s1. The van der Waals surface area contributed by atoms with Gasteiger partial charge in [0.05, 0.1) is 6.20 Å². The Hall–Kier alpha value is -1.52. The lowest BCUT2D eigenvalue weighted by Gasteiger charge is -2.54. The molecule has 2 atom stereocenters. The summed E-state index contributed by atoms with van der Waals surface area (Å²) in [4.78, 5) is 14.3. The molecule has 2 aliphatic rings. The summed E-state index contributed by atoms with van der Waals surface area (Å²) in [7, 11) is 0. The molecule has 1 aromatic heterocycles. The van der Waals surface area contributed by atoms with Crippen LogP contribution in [0.2, 0.25) is 0 Å². The molecule has 1 aliphatic carbocycles. The number of hydrogen-bond acceptors (Lipinski definition) is 4. The van der Waals surface area contributed by atoms with Crippen molar-refractivity contribution in [3.05, 3.63) is 17.5 Å². The molecule has 0 aromatic carbocycles. The average molecular weight is 320 g/mol. The molecule has 0 spiro atoms. The minimum atomic E-state index is -0.456. The number of piperidine rings is 1. The van der Waals surface area contributed by atoms with Crippen LogP contribution in [-0.4, -0.2) is 34.8 Å². The van der Waals surface area contributed by atoms with Crippen LogP contribution < -0.4 is 0 Å². The SMILES string of the molecule is CC(C)(C)OC(=O)N1CC[C@H]2C(C)(C)c3oncc3C[C@]2(C)C1. The second kappa shape index (κ2) is 4.99. The molecule has 0 radical (unpaired) electrons. The monoisotopic (exact) mass is 320 g/mol. The van der Waals surface area contributed by atoms with Crippen molar-refractivity contribution < 1.29 is 14.1 Å². The first-order chi connectivity index (χ1) is 10.5. The maximum atomic E-state index is 12.5. The Bertz CT molecular complexity index is 614. The van der Waals surface area contributed by atoms with Crippen LogP contribution in [0.4, 0.5) is 4.79 Å². The average Bonchev–Trinajstić information content (AvgIpc) is 2.84. The first-order valence-corrected chi connectivity index (χ1v) is 8.45. The number of ether oxygens (including phenoxy) is 1. The predicted molar refractivity (Wildman–Crippen MR) is 87.3 cm³/mol. The molecule has 5 heteroatoms. The summed E-state index contributed by atoms with van der Waals surface area (Å²) in [5, 5.41) is 4.01. The smallest absolute Gasteiger partial charge is 0.410 e. The van der Waals surface area contributed by atoms with Crippen LogP contribution in [0.3, 0.4) is 0 Å². The van der Waals surface area contributed by atoms with E-state index in [4.69, 9.17) is 9.26 Å². The summed E-state index contributed by atoms with van der Waals surface area (Å²) in [6, 6.07) is 0. The fraction of sp³-hybridized carbons (Fsp3) is 0.778. The quantitative estimate of drug-likeness (QED) is 0.730. The Kier molecular flexibility index (Phi) is 3.54. The van der Waals surface area contributed by atoms with E-state index < -0.39 is 5.60 Å². The van der Waals surface area contributed by atoms with Crippen molar-refractivity contribution in [1.29, 1.82) is 0 Å². The van der Waals surface area contributed by atoms with E-state index in [1.807, 2.05) is 31.9 Å². The molecule has 1 aromatic rings. The molecule has 0 N–H and O–H groups in total. The van der Waals surface area contributed by atoms with Crippen molar-refractivity contribution in [2.24, 2.45) is 11.3 Å². The van der Waals surface area contributed by atoms with Crippen LogP contribution in [0.5, 0.6) is 0 Å². The second-order valence-electron chi connectivity index (χ2n) is 8.98. The van der Waals surface area contributed by atoms with Gasteiger partial charge in [-0.1, -0.05) is 25.9 Å². The molecule has 23 heavy (non-hydrogen) atoms. The van der Waals surface area contributed by atoms with Gasteiger partial charge in [-0.2, -0.15) is 0 Å². The fourth-order valence-corrected chi connectivity index (χ4v) is 4.66. The first kappa shape index (κ1) is 16.3. The number of fused-ring (bicyclic) bond motifs is 2. The fourth-order valence-electron chi connectivity index (χ4n) is 4.66. The number of carbonyl (C=O) groups is 1. The van der Waals surface area contributed by atoms with Crippen LogP contribution in [0.1, 0.15) is 59.3 Å². The van der Waals surface area contributed by atoms with E-state index in [1.165, 1.54) is 5.56 Å². The topological polar surface area (TPSA) is 55.6 Å². The highest BCUT2D eigenvalue weighted by molar-refractivity contribution is 5.68. The molecular formula is C18H28N2O3. The largest absolute Gasteiger partial charge is 0.444 e. The van der Waals surface area contributed by atoms with Crippen LogP contribution in [0, 0.1) is 11.3 Å². The molecule has 0 bridgehead atoms. The number of hydrogen-bond donors (Lipinski definition) is 0.